The summed E-state index contributed by atoms with van der Waals surface area (Å²) in [5.74, 6) is 0. The highest BCUT2D eigenvalue weighted by molar-refractivity contribution is 7.05. The lowest BCUT2D eigenvalue weighted by molar-refractivity contribution is 0.222. The zero-order valence-corrected chi connectivity index (χ0v) is 10.4. The van der Waals surface area contributed by atoms with Crippen molar-refractivity contribution < 1.29 is 5.11 Å². The van der Waals surface area contributed by atoms with Crippen molar-refractivity contribution in [3.05, 3.63) is 45.5 Å². The fraction of sp³-hybridized carbons (Fsp3) is 0.333. The molecule has 1 N–H and O–H groups in total. The number of hydrogen-bond donors (Lipinski definition) is 1. The molecule has 1 aromatic heterocycles. The molecule has 1 aromatic carbocycles. The lowest BCUT2D eigenvalue weighted by atomic mass is 10.00. The molecule has 16 heavy (non-hydrogen) atoms. The summed E-state index contributed by atoms with van der Waals surface area (Å²) < 4.78 is 3.85. The molecule has 84 valence electrons. The van der Waals surface area contributed by atoms with Crippen LogP contribution >= 0.6 is 11.5 Å². The van der Waals surface area contributed by atoms with Gasteiger partial charge in [-0.05, 0) is 43.4 Å². The van der Waals surface area contributed by atoms with E-state index in [9.17, 15) is 5.11 Å². The molecule has 1 atom stereocenters. The third kappa shape index (κ3) is 1.99. The van der Waals surface area contributed by atoms with E-state index in [2.05, 4.69) is 15.7 Å². The SMILES string of the molecule is Cc1ccc(C(O)c2snnc2C)c(C)c1. The minimum Gasteiger partial charge on any atom is -0.383 e. The van der Waals surface area contributed by atoms with Crippen LogP contribution in [0.5, 0.6) is 0 Å². The lowest BCUT2D eigenvalue weighted by Crippen LogP contribution is -2.01. The number of aryl methyl sites for hydroxylation is 3. The van der Waals surface area contributed by atoms with Crippen LogP contribution in [-0.4, -0.2) is 14.7 Å². The fourth-order valence-corrected chi connectivity index (χ4v) is 2.41. The number of hydrogen-bond acceptors (Lipinski definition) is 4. The summed E-state index contributed by atoms with van der Waals surface area (Å²) in [5, 5.41) is 14.2. The molecule has 0 saturated carbocycles. The Morgan fingerprint density at radius 2 is 2.00 bits per heavy atom. The Kier molecular flexibility index (Phi) is 3.03. The van der Waals surface area contributed by atoms with Crippen LogP contribution in [-0.2, 0) is 0 Å². The van der Waals surface area contributed by atoms with E-state index in [1.807, 2.05) is 32.9 Å². The average molecular weight is 234 g/mol. The molecular formula is C12H14N2OS. The zero-order chi connectivity index (χ0) is 11.7. The number of aromatic nitrogens is 2. The summed E-state index contributed by atoms with van der Waals surface area (Å²) in [6, 6.07) is 6.05. The van der Waals surface area contributed by atoms with Gasteiger partial charge in [0.2, 0.25) is 0 Å². The first-order valence-corrected chi connectivity index (χ1v) is 5.91. The summed E-state index contributed by atoms with van der Waals surface area (Å²) >= 11 is 1.25. The van der Waals surface area contributed by atoms with E-state index in [-0.39, 0.29) is 0 Å². The number of rotatable bonds is 2. The van der Waals surface area contributed by atoms with Gasteiger partial charge in [-0.3, -0.25) is 0 Å². The van der Waals surface area contributed by atoms with E-state index < -0.39 is 6.10 Å². The van der Waals surface area contributed by atoms with Crippen LogP contribution in [0.2, 0.25) is 0 Å². The first-order valence-electron chi connectivity index (χ1n) is 5.13. The molecule has 0 bridgehead atoms. The molecule has 3 nitrogen and oxygen atoms in total. The highest BCUT2D eigenvalue weighted by atomic mass is 32.1. The van der Waals surface area contributed by atoms with Crippen LogP contribution in [0.25, 0.3) is 0 Å². The maximum absolute atomic E-state index is 10.3. The van der Waals surface area contributed by atoms with Gasteiger partial charge in [0.25, 0.3) is 0 Å². The highest BCUT2D eigenvalue weighted by Gasteiger charge is 2.17. The Hall–Kier alpha value is -1.26. The first-order chi connectivity index (χ1) is 7.59. The zero-order valence-electron chi connectivity index (χ0n) is 9.56. The van der Waals surface area contributed by atoms with E-state index in [1.54, 1.807) is 0 Å². The second kappa shape index (κ2) is 4.31. The summed E-state index contributed by atoms with van der Waals surface area (Å²) in [7, 11) is 0. The van der Waals surface area contributed by atoms with Crippen molar-refractivity contribution >= 4 is 11.5 Å². The molecule has 0 aliphatic heterocycles. The van der Waals surface area contributed by atoms with E-state index in [0.29, 0.717) is 0 Å². The first kappa shape index (κ1) is 11.2. The molecule has 0 aliphatic carbocycles. The maximum atomic E-state index is 10.3. The fourth-order valence-electron chi connectivity index (χ4n) is 1.76. The molecule has 0 amide bonds. The van der Waals surface area contributed by atoms with Crippen molar-refractivity contribution in [1.82, 2.24) is 9.59 Å². The Morgan fingerprint density at radius 3 is 2.56 bits per heavy atom. The van der Waals surface area contributed by atoms with Crippen LogP contribution in [0.3, 0.4) is 0 Å². The van der Waals surface area contributed by atoms with Crippen LogP contribution in [0.15, 0.2) is 18.2 Å². The largest absolute Gasteiger partial charge is 0.383 e. The minimum absolute atomic E-state index is 0.611. The molecule has 1 heterocycles. The number of nitrogens with zero attached hydrogens (tertiary/aromatic N) is 2. The Morgan fingerprint density at radius 1 is 1.25 bits per heavy atom. The van der Waals surface area contributed by atoms with Crippen molar-refractivity contribution in [2.75, 3.05) is 0 Å². The van der Waals surface area contributed by atoms with Crippen molar-refractivity contribution in [1.29, 1.82) is 0 Å². The van der Waals surface area contributed by atoms with E-state index in [1.165, 1.54) is 17.1 Å². The monoisotopic (exact) mass is 234 g/mol. The third-order valence-corrected chi connectivity index (χ3v) is 3.53. The second-order valence-corrected chi connectivity index (χ2v) is 4.77. The molecule has 0 radical (unpaired) electrons. The molecule has 1 unspecified atom stereocenters. The Labute approximate surface area is 98.9 Å². The van der Waals surface area contributed by atoms with Gasteiger partial charge in [-0.15, -0.1) is 5.10 Å². The molecule has 2 rings (SSSR count). The Balaban J connectivity index is 2.41. The van der Waals surface area contributed by atoms with Crippen molar-refractivity contribution in [2.24, 2.45) is 0 Å². The van der Waals surface area contributed by atoms with Gasteiger partial charge < -0.3 is 5.11 Å². The topological polar surface area (TPSA) is 46.0 Å². The molecule has 2 aromatic rings. The molecule has 0 fully saturated rings. The van der Waals surface area contributed by atoms with Crippen molar-refractivity contribution in [2.45, 2.75) is 26.9 Å². The quantitative estimate of drug-likeness (QED) is 0.868. The van der Waals surface area contributed by atoms with Gasteiger partial charge >= 0.3 is 0 Å². The van der Waals surface area contributed by atoms with Gasteiger partial charge in [-0.2, -0.15) is 0 Å². The number of aliphatic hydroxyl groups excluding tert-OH is 1. The van der Waals surface area contributed by atoms with Crippen LogP contribution in [0, 0.1) is 20.8 Å². The summed E-state index contributed by atoms with van der Waals surface area (Å²) in [5.41, 5.74) is 4.03. The van der Waals surface area contributed by atoms with Gasteiger partial charge in [0.05, 0.1) is 10.6 Å². The molecule has 0 aliphatic rings. The van der Waals surface area contributed by atoms with Crippen molar-refractivity contribution in [3.63, 3.8) is 0 Å². The normalized spacial score (nSPS) is 12.8. The van der Waals surface area contributed by atoms with Gasteiger partial charge in [-0.25, -0.2) is 0 Å². The van der Waals surface area contributed by atoms with Gasteiger partial charge in [0, 0.05) is 0 Å². The van der Waals surface area contributed by atoms with Gasteiger partial charge in [0.1, 0.15) is 6.10 Å². The van der Waals surface area contributed by atoms with Crippen LogP contribution < -0.4 is 0 Å². The van der Waals surface area contributed by atoms with Gasteiger partial charge in [0.15, 0.2) is 0 Å². The minimum atomic E-state index is -0.611. The van der Waals surface area contributed by atoms with Crippen LogP contribution in [0.4, 0.5) is 0 Å². The predicted octanol–water partition coefficient (Wildman–Crippen LogP) is 2.55. The summed E-state index contributed by atoms with van der Waals surface area (Å²) in [6.07, 6.45) is -0.611. The molecule has 0 saturated heterocycles. The molecule has 4 heteroatoms. The van der Waals surface area contributed by atoms with E-state index in [4.69, 9.17) is 0 Å². The lowest BCUT2D eigenvalue weighted by Gasteiger charge is -2.12. The van der Waals surface area contributed by atoms with E-state index >= 15 is 0 Å². The third-order valence-electron chi connectivity index (χ3n) is 2.65. The van der Waals surface area contributed by atoms with Gasteiger partial charge in [-0.1, -0.05) is 28.3 Å². The standard InChI is InChI=1S/C12H14N2OS/c1-7-4-5-10(8(2)6-7)11(15)12-9(3)13-14-16-12/h4-6,11,15H,1-3H3. The summed E-state index contributed by atoms with van der Waals surface area (Å²) in [4.78, 5) is 0.826. The summed E-state index contributed by atoms with van der Waals surface area (Å²) in [6.45, 7) is 5.92. The highest BCUT2D eigenvalue weighted by Crippen LogP contribution is 2.28. The molecule has 0 spiro atoms. The molecular weight excluding hydrogens is 220 g/mol. The predicted molar refractivity (Wildman–Crippen MR) is 64.6 cm³/mol. The smallest absolute Gasteiger partial charge is 0.117 e. The van der Waals surface area contributed by atoms with Crippen LogP contribution in [0.1, 0.15) is 33.4 Å². The Bertz CT molecular complexity index is 507. The maximum Gasteiger partial charge on any atom is 0.117 e. The van der Waals surface area contributed by atoms with Crippen molar-refractivity contribution in [3.8, 4) is 0 Å². The second-order valence-electron chi connectivity index (χ2n) is 3.99. The number of benzene rings is 1. The van der Waals surface area contributed by atoms with E-state index in [0.717, 1.165) is 21.7 Å². The average Bonchev–Trinajstić information content (AvgIpc) is 2.63. The number of aliphatic hydroxyl groups is 1.